The van der Waals surface area contributed by atoms with E-state index in [9.17, 15) is 4.79 Å². The molecule has 0 aliphatic rings. The summed E-state index contributed by atoms with van der Waals surface area (Å²) in [6.45, 7) is 4.09. The molecule has 5 nitrogen and oxygen atoms in total. The van der Waals surface area contributed by atoms with Gasteiger partial charge in [0, 0.05) is 5.56 Å². The van der Waals surface area contributed by atoms with Gasteiger partial charge in [0.1, 0.15) is 0 Å². The molecule has 0 fully saturated rings. The lowest BCUT2D eigenvalue weighted by molar-refractivity contribution is -0.115. The summed E-state index contributed by atoms with van der Waals surface area (Å²) in [6.07, 6.45) is 1.25. The molecule has 1 N–H and O–H groups in total. The number of carbonyl (C=O) groups excluding carboxylic acids is 1. The molecule has 0 spiro atoms. The van der Waals surface area contributed by atoms with Crippen molar-refractivity contribution >= 4 is 11.9 Å². The van der Waals surface area contributed by atoms with Gasteiger partial charge in [-0.15, -0.1) is 5.10 Å². The molecule has 3 aromatic rings. The second-order valence-corrected chi connectivity index (χ2v) is 5.68. The van der Waals surface area contributed by atoms with Crippen molar-refractivity contribution in [2.45, 2.75) is 26.7 Å². The quantitative estimate of drug-likeness (QED) is 0.776. The van der Waals surface area contributed by atoms with E-state index in [0.717, 1.165) is 23.1 Å². The molecule has 1 heterocycles. The van der Waals surface area contributed by atoms with E-state index in [2.05, 4.69) is 22.4 Å². The van der Waals surface area contributed by atoms with Gasteiger partial charge in [0.05, 0.1) is 6.42 Å². The van der Waals surface area contributed by atoms with E-state index in [-0.39, 0.29) is 18.3 Å². The third-order valence-electron chi connectivity index (χ3n) is 3.73. The fraction of sp³-hybridized carbons (Fsp3) is 0.211. The summed E-state index contributed by atoms with van der Waals surface area (Å²) in [5.74, 6) is 0.208. The molecule has 0 radical (unpaired) electrons. The van der Waals surface area contributed by atoms with Gasteiger partial charge in [-0.2, -0.15) is 0 Å². The first-order chi connectivity index (χ1) is 11.6. The molecule has 0 aliphatic carbocycles. The van der Waals surface area contributed by atoms with Crippen LogP contribution in [0.4, 0.5) is 6.01 Å². The highest BCUT2D eigenvalue weighted by molar-refractivity contribution is 5.90. The summed E-state index contributed by atoms with van der Waals surface area (Å²) < 4.78 is 5.52. The number of carbonyl (C=O) groups is 1. The van der Waals surface area contributed by atoms with Crippen LogP contribution in [-0.2, 0) is 17.6 Å². The lowest BCUT2D eigenvalue weighted by Gasteiger charge is -2.02. The maximum atomic E-state index is 12.1. The van der Waals surface area contributed by atoms with Crippen LogP contribution in [-0.4, -0.2) is 16.1 Å². The molecule has 5 heteroatoms. The van der Waals surface area contributed by atoms with Crippen LogP contribution < -0.4 is 5.32 Å². The highest BCUT2D eigenvalue weighted by Gasteiger charge is 2.12. The third kappa shape index (κ3) is 3.87. The van der Waals surface area contributed by atoms with Crippen molar-refractivity contribution in [1.82, 2.24) is 10.2 Å². The second-order valence-electron chi connectivity index (χ2n) is 5.68. The molecule has 1 amide bonds. The number of hydrogen-bond donors (Lipinski definition) is 1. The number of hydrogen-bond acceptors (Lipinski definition) is 4. The minimum atomic E-state index is -0.182. The molecule has 3 rings (SSSR count). The topological polar surface area (TPSA) is 68.0 Å². The number of nitrogens with zero attached hydrogens (tertiary/aromatic N) is 2. The Labute approximate surface area is 140 Å². The van der Waals surface area contributed by atoms with Crippen LogP contribution in [0.3, 0.4) is 0 Å². The van der Waals surface area contributed by atoms with E-state index >= 15 is 0 Å². The summed E-state index contributed by atoms with van der Waals surface area (Å²) in [5.41, 5.74) is 4.13. The third-order valence-corrected chi connectivity index (χ3v) is 3.73. The first kappa shape index (κ1) is 15.9. The number of aryl methyl sites for hydroxylation is 2. The summed E-state index contributed by atoms with van der Waals surface area (Å²) >= 11 is 0. The van der Waals surface area contributed by atoms with Gasteiger partial charge in [0.25, 0.3) is 0 Å². The van der Waals surface area contributed by atoms with Crippen molar-refractivity contribution < 1.29 is 9.21 Å². The minimum Gasteiger partial charge on any atom is -0.403 e. The van der Waals surface area contributed by atoms with Crippen molar-refractivity contribution in [3.05, 3.63) is 65.2 Å². The number of aromatic nitrogens is 2. The van der Waals surface area contributed by atoms with Gasteiger partial charge in [0.2, 0.25) is 11.8 Å². The van der Waals surface area contributed by atoms with E-state index in [4.69, 9.17) is 4.42 Å². The van der Waals surface area contributed by atoms with Gasteiger partial charge in [-0.1, -0.05) is 54.0 Å². The molecular weight excluding hydrogens is 302 g/mol. The van der Waals surface area contributed by atoms with Crippen molar-refractivity contribution in [2.24, 2.45) is 0 Å². The Bertz CT molecular complexity index is 838. The van der Waals surface area contributed by atoms with Crippen LogP contribution >= 0.6 is 0 Å². The van der Waals surface area contributed by atoms with Crippen LogP contribution in [0.15, 0.2) is 52.9 Å². The smallest absolute Gasteiger partial charge is 0.322 e. The average Bonchev–Trinajstić information content (AvgIpc) is 3.04. The van der Waals surface area contributed by atoms with Gasteiger partial charge >= 0.3 is 6.01 Å². The largest absolute Gasteiger partial charge is 0.403 e. The van der Waals surface area contributed by atoms with Crippen LogP contribution in [0.25, 0.3) is 11.5 Å². The van der Waals surface area contributed by atoms with Crippen LogP contribution in [0.1, 0.15) is 23.6 Å². The number of amides is 1. The molecule has 1 aromatic heterocycles. The molecular formula is C19H19N3O2. The van der Waals surface area contributed by atoms with Crippen molar-refractivity contribution in [2.75, 3.05) is 5.32 Å². The van der Waals surface area contributed by atoms with E-state index in [1.807, 2.05) is 55.5 Å². The van der Waals surface area contributed by atoms with Crippen molar-refractivity contribution in [3.8, 4) is 11.5 Å². The zero-order chi connectivity index (χ0) is 16.9. The molecule has 0 aliphatic heterocycles. The number of benzene rings is 2. The molecule has 24 heavy (non-hydrogen) atoms. The normalized spacial score (nSPS) is 10.6. The predicted molar refractivity (Wildman–Crippen MR) is 92.6 cm³/mol. The van der Waals surface area contributed by atoms with Crippen LogP contribution in [0, 0.1) is 6.92 Å². The van der Waals surface area contributed by atoms with Crippen LogP contribution in [0.2, 0.25) is 0 Å². The highest BCUT2D eigenvalue weighted by Crippen LogP contribution is 2.20. The lowest BCUT2D eigenvalue weighted by Crippen LogP contribution is -2.14. The maximum Gasteiger partial charge on any atom is 0.322 e. The molecule has 122 valence electrons. The number of nitrogens with one attached hydrogen (secondary N) is 1. The van der Waals surface area contributed by atoms with E-state index in [1.165, 1.54) is 5.56 Å². The molecule has 0 bridgehead atoms. The zero-order valence-corrected chi connectivity index (χ0v) is 13.7. The van der Waals surface area contributed by atoms with Gasteiger partial charge < -0.3 is 4.42 Å². The maximum absolute atomic E-state index is 12.1. The summed E-state index contributed by atoms with van der Waals surface area (Å²) in [5, 5.41) is 10.5. The Morgan fingerprint density at radius 1 is 1.08 bits per heavy atom. The highest BCUT2D eigenvalue weighted by atomic mass is 16.4. The van der Waals surface area contributed by atoms with Gasteiger partial charge in [-0.3, -0.25) is 10.1 Å². The van der Waals surface area contributed by atoms with Gasteiger partial charge in [0.15, 0.2) is 0 Å². The van der Waals surface area contributed by atoms with E-state index in [1.54, 1.807) is 0 Å². The number of anilines is 1. The predicted octanol–water partition coefficient (Wildman–Crippen LogP) is 3.79. The Morgan fingerprint density at radius 2 is 1.83 bits per heavy atom. The SMILES string of the molecule is CCc1ccc(CC(=O)Nc2nnc(-c3cccc(C)c3)o2)cc1. The average molecular weight is 321 g/mol. The Kier molecular flexibility index (Phi) is 4.70. The van der Waals surface area contributed by atoms with Gasteiger partial charge in [-0.25, -0.2) is 0 Å². The molecule has 0 atom stereocenters. The summed E-state index contributed by atoms with van der Waals surface area (Å²) in [4.78, 5) is 12.1. The van der Waals surface area contributed by atoms with Crippen molar-refractivity contribution in [3.63, 3.8) is 0 Å². The molecule has 0 saturated carbocycles. The number of rotatable bonds is 5. The molecule has 2 aromatic carbocycles. The van der Waals surface area contributed by atoms with Crippen molar-refractivity contribution in [1.29, 1.82) is 0 Å². The minimum absolute atomic E-state index is 0.113. The second kappa shape index (κ2) is 7.08. The summed E-state index contributed by atoms with van der Waals surface area (Å²) in [7, 11) is 0. The Hall–Kier alpha value is -2.95. The standard InChI is InChI=1S/C19H19N3O2/c1-3-14-7-9-15(10-8-14)12-17(23)20-19-22-21-18(24-19)16-6-4-5-13(2)11-16/h4-11H,3,12H2,1-2H3,(H,20,22,23). The zero-order valence-electron chi connectivity index (χ0n) is 13.7. The first-order valence-electron chi connectivity index (χ1n) is 7.92. The Morgan fingerprint density at radius 3 is 2.54 bits per heavy atom. The Balaban J connectivity index is 1.64. The van der Waals surface area contributed by atoms with E-state index < -0.39 is 0 Å². The molecule has 0 saturated heterocycles. The molecule has 0 unspecified atom stereocenters. The fourth-order valence-electron chi connectivity index (χ4n) is 2.41. The van der Waals surface area contributed by atoms with Crippen LogP contribution in [0.5, 0.6) is 0 Å². The van der Waals surface area contributed by atoms with E-state index in [0.29, 0.717) is 5.89 Å². The summed E-state index contributed by atoms with van der Waals surface area (Å²) in [6, 6.07) is 15.9. The monoisotopic (exact) mass is 321 g/mol. The lowest BCUT2D eigenvalue weighted by atomic mass is 10.1. The van der Waals surface area contributed by atoms with Gasteiger partial charge in [-0.05, 0) is 36.6 Å². The first-order valence-corrected chi connectivity index (χ1v) is 7.92. The fourth-order valence-corrected chi connectivity index (χ4v) is 2.41.